The molecule has 0 amide bonds. The van der Waals surface area contributed by atoms with Gasteiger partial charge in [-0.2, -0.15) is 0 Å². The molecule has 0 saturated heterocycles. The van der Waals surface area contributed by atoms with E-state index in [1.54, 1.807) is 0 Å². The Morgan fingerprint density at radius 3 is 2.71 bits per heavy atom. The minimum Gasteiger partial charge on any atom is -0.368 e. The summed E-state index contributed by atoms with van der Waals surface area (Å²) >= 11 is 3.42. The molecule has 0 spiro atoms. The lowest BCUT2D eigenvalue weighted by atomic mass is 10.2. The van der Waals surface area contributed by atoms with E-state index in [-0.39, 0.29) is 6.17 Å². The predicted molar refractivity (Wildman–Crippen MR) is 72.2 cm³/mol. The predicted octanol–water partition coefficient (Wildman–Crippen LogP) is 2.21. The summed E-state index contributed by atoms with van der Waals surface area (Å²) in [6.07, 6.45) is 7.99. The summed E-state index contributed by atoms with van der Waals surface area (Å²) in [5, 5.41) is 6.27. The molecule has 2 aliphatic heterocycles. The zero-order valence-electron chi connectivity index (χ0n) is 8.99. The highest BCUT2D eigenvalue weighted by atomic mass is 79.9. The fourth-order valence-electron chi connectivity index (χ4n) is 1.92. The van der Waals surface area contributed by atoms with Crippen LogP contribution in [-0.2, 0) is 0 Å². The largest absolute Gasteiger partial charge is 0.368 e. The van der Waals surface area contributed by atoms with Gasteiger partial charge in [-0.1, -0.05) is 22.0 Å². The van der Waals surface area contributed by atoms with E-state index in [4.69, 9.17) is 5.73 Å². The number of halogens is 1. The molecule has 3 rings (SSSR count). The van der Waals surface area contributed by atoms with Crippen LogP contribution >= 0.6 is 15.9 Å². The number of benzene rings is 1. The molecule has 0 bridgehead atoms. The van der Waals surface area contributed by atoms with Crippen molar-refractivity contribution in [2.75, 3.05) is 5.01 Å². The number of nitrogens with two attached hydrogens (primary N) is 1. The number of rotatable bonds is 1. The van der Waals surface area contributed by atoms with Gasteiger partial charge in [0.25, 0.3) is 0 Å². The number of fused-ring (bicyclic) bond motifs is 1. The molecule has 1 atom stereocenters. The number of anilines is 1. The molecule has 0 radical (unpaired) electrons. The second-order valence-corrected chi connectivity index (χ2v) is 4.74. The summed E-state index contributed by atoms with van der Waals surface area (Å²) < 4.78 is 1.05. The third-order valence-electron chi connectivity index (χ3n) is 2.74. The Morgan fingerprint density at radius 2 is 1.94 bits per heavy atom. The van der Waals surface area contributed by atoms with Crippen molar-refractivity contribution in [2.45, 2.75) is 6.17 Å². The van der Waals surface area contributed by atoms with Gasteiger partial charge in [-0.3, -0.25) is 4.90 Å². The van der Waals surface area contributed by atoms with Gasteiger partial charge in [0.05, 0.1) is 5.69 Å². The number of guanidine groups is 1. The van der Waals surface area contributed by atoms with Crippen LogP contribution in [0.15, 0.2) is 58.3 Å². The topological polar surface area (TPSA) is 44.9 Å². The Morgan fingerprint density at radius 1 is 1.18 bits per heavy atom. The van der Waals surface area contributed by atoms with E-state index >= 15 is 0 Å². The van der Waals surface area contributed by atoms with Crippen LogP contribution in [-0.4, -0.2) is 17.0 Å². The van der Waals surface area contributed by atoms with Gasteiger partial charge in [-0.05, 0) is 36.4 Å². The van der Waals surface area contributed by atoms with Gasteiger partial charge in [-0.25, -0.2) is 5.01 Å². The average molecular weight is 291 g/mol. The number of hydrogen-bond acceptors (Lipinski definition) is 4. The van der Waals surface area contributed by atoms with Crippen LogP contribution in [0.25, 0.3) is 0 Å². The maximum Gasteiger partial charge on any atom is 0.220 e. The molecule has 2 heterocycles. The number of nitrogens with zero attached hydrogens (tertiary/aromatic N) is 3. The highest BCUT2D eigenvalue weighted by molar-refractivity contribution is 9.10. The lowest BCUT2D eigenvalue weighted by Crippen LogP contribution is -2.40. The molecule has 1 aromatic carbocycles. The quantitative estimate of drug-likeness (QED) is 0.863. The van der Waals surface area contributed by atoms with Crippen molar-refractivity contribution in [3.05, 3.63) is 53.2 Å². The van der Waals surface area contributed by atoms with Crippen LogP contribution in [0.5, 0.6) is 0 Å². The van der Waals surface area contributed by atoms with Gasteiger partial charge >= 0.3 is 0 Å². The van der Waals surface area contributed by atoms with Gasteiger partial charge in [0.2, 0.25) is 5.96 Å². The van der Waals surface area contributed by atoms with Gasteiger partial charge in [0.1, 0.15) is 6.17 Å². The minimum absolute atomic E-state index is 0.0428. The normalized spacial score (nSPS) is 21.7. The fraction of sp³-hybridized carbons (Fsp3) is 0.0833. The maximum atomic E-state index is 5.89. The average Bonchev–Trinajstić information content (AvgIpc) is 2.69. The lowest BCUT2D eigenvalue weighted by Gasteiger charge is -2.27. The third-order valence-corrected chi connectivity index (χ3v) is 3.27. The molecule has 1 unspecified atom stereocenters. The Balaban J connectivity index is 1.96. The van der Waals surface area contributed by atoms with Gasteiger partial charge in [-0.15, -0.1) is 5.10 Å². The molecule has 0 fully saturated rings. The van der Waals surface area contributed by atoms with E-state index in [9.17, 15) is 0 Å². The summed E-state index contributed by atoms with van der Waals surface area (Å²) in [5.41, 5.74) is 6.90. The Hall–Kier alpha value is -1.75. The summed E-state index contributed by atoms with van der Waals surface area (Å²) in [6.45, 7) is 0. The molecule has 4 nitrogen and oxygen atoms in total. The number of allylic oxidation sites excluding steroid dienone is 2. The molecule has 1 aromatic rings. The smallest absolute Gasteiger partial charge is 0.220 e. The fourth-order valence-corrected chi connectivity index (χ4v) is 2.19. The Labute approximate surface area is 108 Å². The highest BCUT2D eigenvalue weighted by Crippen LogP contribution is 2.27. The van der Waals surface area contributed by atoms with E-state index < -0.39 is 0 Å². The second-order valence-electron chi connectivity index (χ2n) is 3.83. The maximum absolute atomic E-state index is 5.89. The van der Waals surface area contributed by atoms with Crippen molar-refractivity contribution in [2.24, 2.45) is 10.8 Å². The SMILES string of the molecule is NC1=NN(c2ccc(Br)cc2)C2C=CC=CN12. The molecule has 2 aliphatic rings. The number of hydrogen-bond donors (Lipinski definition) is 1. The van der Waals surface area contributed by atoms with E-state index in [0.29, 0.717) is 5.96 Å². The second kappa shape index (κ2) is 3.92. The first-order valence-electron chi connectivity index (χ1n) is 5.28. The van der Waals surface area contributed by atoms with Crippen LogP contribution in [0.2, 0.25) is 0 Å². The molecule has 5 heteroatoms. The standard InChI is InChI=1S/C12H11BrN4/c13-9-4-6-10(7-5-9)17-11-3-1-2-8-16(11)12(14)15-17/h1-8,11H,(H2,14,15). The van der Waals surface area contributed by atoms with Gasteiger partial charge in [0.15, 0.2) is 0 Å². The minimum atomic E-state index is 0.0428. The van der Waals surface area contributed by atoms with Crippen LogP contribution in [0, 0.1) is 0 Å². The Bertz CT molecular complexity index is 518. The molecular weight excluding hydrogens is 280 g/mol. The molecule has 17 heavy (non-hydrogen) atoms. The third kappa shape index (κ3) is 1.72. The molecule has 2 N–H and O–H groups in total. The summed E-state index contributed by atoms with van der Waals surface area (Å²) in [4.78, 5) is 1.93. The monoisotopic (exact) mass is 290 g/mol. The van der Waals surface area contributed by atoms with E-state index in [1.807, 2.05) is 52.5 Å². The van der Waals surface area contributed by atoms with Crippen molar-refractivity contribution in [1.82, 2.24) is 4.90 Å². The molecular formula is C12H11BrN4. The Kier molecular flexibility index (Phi) is 2.40. The van der Waals surface area contributed by atoms with Crippen molar-refractivity contribution < 1.29 is 0 Å². The van der Waals surface area contributed by atoms with Crippen LogP contribution in [0.1, 0.15) is 0 Å². The molecule has 0 saturated carbocycles. The highest BCUT2D eigenvalue weighted by Gasteiger charge is 2.31. The van der Waals surface area contributed by atoms with Crippen molar-refractivity contribution in [1.29, 1.82) is 0 Å². The van der Waals surface area contributed by atoms with Crippen molar-refractivity contribution >= 4 is 27.6 Å². The first kappa shape index (κ1) is 10.4. The summed E-state index contributed by atoms with van der Waals surface area (Å²) in [5.74, 6) is 0.513. The summed E-state index contributed by atoms with van der Waals surface area (Å²) in [7, 11) is 0. The van der Waals surface area contributed by atoms with E-state index in [0.717, 1.165) is 10.2 Å². The van der Waals surface area contributed by atoms with Crippen LogP contribution < -0.4 is 10.7 Å². The van der Waals surface area contributed by atoms with Crippen LogP contribution in [0.3, 0.4) is 0 Å². The lowest BCUT2D eigenvalue weighted by molar-refractivity contribution is 0.483. The van der Waals surface area contributed by atoms with Crippen LogP contribution in [0.4, 0.5) is 5.69 Å². The van der Waals surface area contributed by atoms with Gasteiger partial charge in [0, 0.05) is 10.7 Å². The van der Waals surface area contributed by atoms with E-state index in [2.05, 4.69) is 27.1 Å². The zero-order valence-corrected chi connectivity index (χ0v) is 10.6. The molecule has 0 aromatic heterocycles. The first-order valence-corrected chi connectivity index (χ1v) is 6.07. The van der Waals surface area contributed by atoms with Crippen molar-refractivity contribution in [3.63, 3.8) is 0 Å². The van der Waals surface area contributed by atoms with Gasteiger partial charge < -0.3 is 5.73 Å². The number of hydrazone groups is 1. The molecule has 0 aliphatic carbocycles. The summed E-state index contributed by atoms with van der Waals surface area (Å²) in [6, 6.07) is 8.01. The first-order chi connectivity index (χ1) is 8.25. The zero-order chi connectivity index (χ0) is 11.8. The van der Waals surface area contributed by atoms with Crippen molar-refractivity contribution in [3.8, 4) is 0 Å². The van der Waals surface area contributed by atoms with E-state index in [1.165, 1.54) is 0 Å². The molecule has 86 valence electrons.